The Labute approximate surface area is 397 Å². The van der Waals surface area contributed by atoms with Crippen LogP contribution in [0, 0.1) is 0 Å². The molecule has 0 N–H and O–H groups in total. The number of fused-ring (bicyclic) bond motifs is 10. The van der Waals surface area contributed by atoms with E-state index in [4.69, 9.17) is 15.0 Å². The van der Waals surface area contributed by atoms with Crippen LogP contribution in [0.3, 0.4) is 0 Å². The van der Waals surface area contributed by atoms with Crippen LogP contribution in [0.4, 0.5) is 0 Å². The van der Waals surface area contributed by atoms with Crippen molar-refractivity contribution in [2.24, 2.45) is 0 Å². The molecule has 3 nitrogen and oxygen atoms in total. The molecule has 0 saturated carbocycles. The zero-order valence-corrected chi connectivity index (χ0v) is 37.6. The van der Waals surface area contributed by atoms with Crippen molar-refractivity contribution >= 4 is 5.57 Å². The molecule has 1 heterocycles. The van der Waals surface area contributed by atoms with Crippen molar-refractivity contribution in [2.45, 2.75) is 12.3 Å². The van der Waals surface area contributed by atoms with Gasteiger partial charge in [-0.1, -0.05) is 207 Å². The zero-order chi connectivity index (χ0) is 45.6. The number of hydrogen-bond donors (Lipinski definition) is 0. The van der Waals surface area contributed by atoms with Crippen LogP contribution in [0.15, 0.2) is 249 Å². The number of aromatic nitrogens is 3. The van der Waals surface area contributed by atoms with Gasteiger partial charge in [-0.2, -0.15) is 0 Å². The van der Waals surface area contributed by atoms with E-state index >= 15 is 0 Å². The van der Waals surface area contributed by atoms with E-state index in [9.17, 15) is 0 Å². The van der Waals surface area contributed by atoms with Gasteiger partial charge in [0.1, 0.15) is 0 Å². The zero-order valence-electron chi connectivity index (χ0n) is 37.6. The predicted octanol–water partition coefficient (Wildman–Crippen LogP) is 16.4. The standard InChI is InChI=1S/C65H45N3/c1-3-4-8-21-43(2)48-36-49(44-22-9-5-10-23-44)39-52(37-48)63-66-62(67-64(68-63)53-40-50(45-24-11-6-12-25-45)38-51(41-53)46-26-13-7-14-27-46)47-34-35-57-56-30-17-20-33-60(56)65(61(57)42-47)58-31-18-15-28-54(58)55-29-16-19-32-59(55)65/h3-42H,2H2,1H3/b4-3-,21-8-. The summed E-state index contributed by atoms with van der Waals surface area (Å²) in [5.41, 5.74) is 20.7. The lowest BCUT2D eigenvalue weighted by Crippen LogP contribution is -2.25. The first-order valence-corrected chi connectivity index (χ1v) is 23.2. The van der Waals surface area contributed by atoms with Gasteiger partial charge in [0.05, 0.1) is 5.41 Å². The Morgan fingerprint density at radius 2 is 0.735 bits per heavy atom. The molecule has 320 valence electrons. The Bertz CT molecular complexity index is 3520. The van der Waals surface area contributed by atoms with Crippen LogP contribution >= 0.6 is 0 Å². The van der Waals surface area contributed by atoms with Gasteiger partial charge in [-0.15, -0.1) is 0 Å². The van der Waals surface area contributed by atoms with Crippen LogP contribution in [0.1, 0.15) is 34.7 Å². The minimum absolute atomic E-state index is 0.512. The van der Waals surface area contributed by atoms with Crippen molar-refractivity contribution in [2.75, 3.05) is 0 Å². The molecular formula is C65H45N3. The molecule has 0 atom stereocenters. The summed E-state index contributed by atoms with van der Waals surface area (Å²) in [6.07, 6.45) is 8.12. The van der Waals surface area contributed by atoms with Crippen molar-refractivity contribution in [3.8, 4) is 89.8 Å². The fourth-order valence-corrected chi connectivity index (χ4v) is 10.5. The van der Waals surface area contributed by atoms with Crippen molar-refractivity contribution in [1.29, 1.82) is 0 Å². The smallest absolute Gasteiger partial charge is 0.164 e. The molecule has 68 heavy (non-hydrogen) atoms. The highest BCUT2D eigenvalue weighted by molar-refractivity contribution is 5.96. The molecule has 12 rings (SSSR count). The third-order valence-corrected chi connectivity index (χ3v) is 13.6. The molecule has 0 radical (unpaired) electrons. The molecule has 2 aliphatic rings. The van der Waals surface area contributed by atoms with E-state index in [0.717, 1.165) is 61.2 Å². The topological polar surface area (TPSA) is 38.7 Å². The maximum absolute atomic E-state index is 5.48. The fourth-order valence-electron chi connectivity index (χ4n) is 10.5. The van der Waals surface area contributed by atoms with E-state index in [2.05, 4.69) is 225 Å². The lowest BCUT2D eigenvalue weighted by Gasteiger charge is -2.30. The van der Waals surface area contributed by atoms with Crippen molar-refractivity contribution in [1.82, 2.24) is 15.0 Å². The summed E-state index contributed by atoms with van der Waals surface area (Å²) in [4.78, 5) is 16.4. The van der Waals surface area contributed by atoms with Crippen LogP contribution in [-0.2, 0) is 5.41 Å². The van der Waals surface area contributed by atoms with Crippen LogP contribution < -0.4 is 0 Å². The summed E-state index contributed by atoms with van der Waals surface area (Å²) in [6.45, 7) is 6.53. The largest absolute Gasteiger partial charge is 0.208 e. The average molecular weight is 868 g/mol. The molecule has 1 aromatic heterocycles. The SMILES string of the molecule is C=C(/C=C\C=C/C)c1cc(-c2ccccc2)cc(-c2nc(-c3cc(-c4ccccc4)cc(-c4ccccc4)c3)nc(-c3ccc4c(c3)C3(c5ccccc5-c5ccccc53)c3ccccc3-4)n2)c1. The maximum atomic E-state index is 5.48. The molecule has 0 bridgehead atoms. The Morgan fingerprint density at radius 1 is 0.353 bits per heavy atom. The first-order valence-electron chi connectivity index (χ1n) is 23.2. The summed E-state index contributed by atoms with van der Waals surface area (Å²) >= 11 is 0. The molecular weight excluding hydrogens is 823 g/mol. The lowest BCUT2D eigenvalue weighted by atomic mass is 9.70. The second-order valence-electron chi connectivity index (χ2n) is 17.6. The summed E-state index contributed by atoms with van der Waals surface area (Å²) in [6, 6.07) is 78.4. The van der Waals surface area contributed by atoms with E-state index in [0.29, 0.717) is 17.5 Å². The van der Waals surface area contributed by atoms with E-state index in [-0.39, 0.29) is 0 Å². The van der Waals surface area contributed by atoms with E-state index < -0.39 is 5.41 Å². The molecule has 0 amide bonds. The van der Waals surface area contributed by atoms with Crippen LogP contribution in [0.2, 0.25) is 0 Å². The molecule has 3 heteroatoms. The van der Waals surface area contributed by atoms with Gasteiger partial charge in [-0.25, -0.2) is 15.0 Å². The molecule has 10 aromatic rings. The van der Waals surface area contributed by atoms with Gasteiger partial charge >= 0.3 is 0 Å². The van der Waals surface area contributed by atoms with E-state index in [1.165, 1.54) is 44.5 Å². The third-order valence-electron chi connectivity index (χ3n) is 13.6. The van der Waals surface area contributed by atoms with E-state index in [1.54, 1.807) is 0 Å². The Balaban J connectivity index is 1.12. The van der Waals surface area contributed by atoms with Crippen molar-refractivity contribution in [3.63, 3.8) is 0 Å². The van der Waals surface area contributed by atoms with Gasteiger partial charge in [0.25, 0.3) is 0 Å². The minimum atomic E-state index is -0.512. The Hall–Kier alpha value is -8.79. The molecule has 0 saturated heterocycles. The van der Waals surface area contributed by atoms with Crippen LogP contribution in [-0.4, -0.2) is 15.0 Å². The monoisotopic (exact) mass is 867 g/mol. The van der Waals surface area contributed by atoms with Gasteiger partial charge in [0.15, 0.2) is 17.5 Å². The second-order valence-corrected chi connectivity index (χ2v) is 17.6. The minimum Gasteiger partial charge on any atom is -0.208 e. The second kappa shape index (κ2) is 16.9. The molecule has 9 aromatic carbocycles. The normalized spacial score (nSPS) is 12.8. The van der Waals surface area contributed by atoms with Gasteiger partial charge in [0, 0.05) is 16.7 Å². The fraction of sp³-hybridized carbons (Fsp3) is 0.0308. The highest BCUT2D eigenvalue weighted by Crippen LogP contribution is 2.63. The lowest BCUT2D eigenvalue weighted by molar-refractivity contribution is 0.794. The number of nitrogens with zero attached hydrogens (tertiary/aromatic N) is 3. The Morgan fingerprint density at radius 3 is 1.22 bits per heavy atom. The molecule has 0 aliphatic heterocycles. The van der Waals surface area contributed by atoms with Crippen molar-refractivity contribution in [3.05, 3.63) is 277 Å². The number of rotatable bonds is 9. The van der Waals surface area contributed by atoms with Gasteiger partial charge < -0.3 is 0 Å². The summed E-state index contributed by atoms with van der Waals surface area (Å²) < 4.78 is 0. The van der Waals surface area contributed by atoms with Gasteiger partial charge in [0.2, 0.25) is 0 Å². The molecule has 1 spiro atoms. The summed E-state index contributed by atoms with van der Waals surface area (Å²) in [7, 11) is 0. The van der Waals surface area contributed by atoms with Crippen LogP contribution in [0.25, 0.3) is 95.4 Å². The van der Waals surface area contributed by atoms with E-state index in [1.807, 2.05) is 31.2 Å². The highest BCUT2D eigenvalue weighted by atomic mass is 15.0. The maximum Gasteiger partial charge on any atom is 0.164 e. The number of allylic oxidation sites excluding steroid dienone is 5. The van der Waals surface area contributed by atoms with Gasteiger partial charge in [-0.05, 0) is 138 Å². The number of benzene rings is 9. The van der Waals surface area contributed by atoms with Crippen LogP contribution in [0.5, 0.6) is 0 Å². The highest BCUT2D eigenvalue weighted by Gasteiger charge is 2.51. The molecule has 0 unspecified atom stereocenters. The summed E-state index contributed by atoms with van der Waals surface area (Å²) in [5.74, 6) is 1.77. The predicted molar refractivity (Wildman–Crippen MR) is 282 cm³/mol. The quantitative estimate of drug-likeness (QED) is 0.136. The first-order chi connectivity index (χ1) is 33.6. The van der Waals surface area contributed by atoms with Gasteiger partial charge in [-0.3, -0.25) is 0 Å². The third kappa shape index (κ3) is 6.87. The summed E-state index contributed by atoms with van der Waals surface area (Å²) in [5, 5.41) is 0. The molecule has 2 aliphatic carbocycles. The average Bonchev–Trinajstić information content (AvgIpc) is 3.88. The van der Waals surface area contributed by atoms with Crippen molar-refractivity contribution < 1.29 is 0 Å². The Kier molecular flexibility index (Phi) is 10.1. The number of hydrogen-bond acceptors (Lipinski definition) is 3. The first kappa shape index (κ1) is 40.7. The molecule has 0 fully saturated rings.